The first-order valence-electron chi connectivity index (χ1n) is 5.84. The number of benzene rings is 1. The molecule has 1 aliphatic heterocycles. The van der Waals surface area contributed by atoms with Crippen LogP contribution >= 0.6 is 27.7 Å². The van der Waals surface area contributed by atoms with Crippen LogP contribution in [-0.2, 0) is 16.1 Å². The summed E-state index contributed by atoms with van der Waals surface area (Å²) in [5.41, 5.74) is 0.870. The highest BCUT2D eigenvalue weighted by Gasteiger charge is 2.30. The van der Waals surface area contributed by atoms with Gasteiger partial charge in [-0.05, 0) is 33.6 Å². The van der Waals surface area contributed by atoms with Crippen molar-refractivity contribution in [2.45, 2.75) is 25.1 Å². The molecule has 1 fully saturated rings. The van der Waals surface area contributed by atoms with E-state index in [1.54, 1.807) is 17.0 Å². The average Bonchev–Trinajstić information content (AvgIpc) is 2.63. The van der Waals surface area contributed by atoms with Gasteiger partial charge >= 0.3 is 0 Å². The van der Waals surface area contributed by atoms with E-state index in [-0.39, 0.29) is 22.1 Å². The predicted octanol–water partition coefficient (Wildman–Crippen LogP) is 2.97. The van der Waals surface area contributed by atoms with Crippen molar-refractivity contribution in [1.29, 1.82) is 0 Å². The highest BCUT2D eigenvalue weighted by molar-refractivity contribution is 9.10. The molecule has 0 N–H and O–H groups in total. The Morgan fingerprint density at radius 1 is 1.58 bits per heavy atom. The molecule has 0 spiro atoms. The van der Waals surface area contributed by atoms with Crippen molar-refractivity contribution in [1.82, 2.24) is 4.90 Å². The molecular formula is C13H13BrFNO2S. The standard InChI is InChI=1S/C13H13BrFNO2S/c1-8(17)19-10-5-13(18)16(7-10)6-9-2-3-12(15)11(14)4-9/h2-4,10H,5-7H2,1H3. The van der Waals surface area contributed by atoms with Gasteiger partial charge in [-0.3, -0.25) is 9.59 Å². The Morgan fingerprint density at radius 3 is 2.95 bits per heavy atom. The van der Waals surface area contributed by atoms with Gasteiger partial charge in [0.05, 0.1) is 4.47 Å². The Labute approximate surface area is 123 Å². The lowest BCUT2D eigenvalue weighted by molar-refractivity contribution is -0.128. The van der Waals surface area contributed by atoms with Crippen molar-refractivity contribution in [2.75, 3.05) is 6.54 Å². The fraction of sp³-hybridized carbons (Fsp3) is 0.385. The largest absolute Gasteiger partial charge is 0.337 e. The third-order valence-electron chi connectivity index (χ3n) is 2.87. The molecule has 1 saturated heterocycles. The summed E-state index contributed by atoms with van der Waals surface area (Å²) in [6, 6.07) is 4.72. The summed E-state index contributed by atoms with van der Waals surface area (Å²) < 4.78 is 13.5. The number of hydrogen-bond donors (Lipinski definition) is 0. The van der Waals surface area contributed by atoms with Gasteiger partial charge in [0.2, 0.25) is 5.91 Å². The van der Waals surface area contributed by atoms with Gasteiger partial charge in [-0.2, -0.15) is 0 Å². The molecule has 1 unspecified atom stereocenters. The van der Waals surface area contributed by atoms with Crippen LogP contribution in [0.1, 0.15) is 18.9 Å². The van der Waals surface area contributed by atoms with Crippen LogP contribution < -0.4 is 0 Å². The second-order valence-electron chi connectivity index (χ2n) is 4.46. The molecule has 2 rings (SSSR count). The van der Waals surface area contributed by atoms with E-state index in [1.807, 2.05) is 0 Å². The molecule has 0 saturated carbocycles. The molecule has 0 bridgehead atoms. The van der Waals surface area contributed by atoms with Crippen molar-refractivity contribution >= 4 is 38.7 Å². The number of hydrogen-bond acceptors (Lipinski definition) is 3. The number of rotatable bonds is 3. The zero-order valence-electron chi connectivity index (χ0n) is 10.4. The molecule has 0 aromatic heterocycles. The van der Waals surface area contributed by atoms with E-state index in [9.17, 15) is 14.0 Å². The zero-order chi connectivity index (χ0) is 14.0. The molecule has 0 radical (unpaired) electrons. The molecule has 19 heavy (non-hydrogen) atoms. The van der Waals surface area contributed by atoms with Crippen LogP contribution in [0.4, 0.5) is 4.39 Å². The summed E-state index contributed by atoms with van der Waals surface area (Å²) in [6.07, 6.45) is 0.395. The normalized spacial score (nSPS) is 19.0. The highest BCUT2D eigenvalue weighted by Crippen LogP contribution is 2.26. The van der Waals surface area contributed by atoms with E-state index in [0.717, 1.165) is 5.56 Å². The maximum atomic E-state index is 13.1. The molecule has 0 aliphatic carbocycles. The maximum Gasteiger partial charge on any atom is 0.224 e. The molecule has 1 aliphatic rings. The fourth-order valence-electron chi connectivity index (χ4n) is 2.06. The summed E-state index contributed by atoms with van der Waals surface area (Å²) in [4.78, 5) is 24.6. The van der Waals surface area contributed by atoms with Crippen LogP contribution in [0.2, 0.25) is 0 Å². The molecule has 102 valence electrons. The summed E-state index contributed by atoms with van der Waals surface area (Å²) in [5, 5.41) is 0.0677. The number of carbonyl (C=O) groups excluding carboxylic acids is 2. The minimum absolute atomic E-state index is 0.0316. The van der Waals surface area contributed by atoms with Crippen molar-refractivity contribution in [3.63, 3.8) is 0 Å². The number of amides is 1. The molecule has 1 heterocycles. The Hall–Kier alpha value is -0.880. The Morgan fingerprint density at radius 2 is 2.32 bits per heavy atom. The molecule has 3 nitrogen and oxygen atoms in total. The van der Waals surface area contributed by atoms with Gasteiger partial charge in [0.15, 0.2) is 5.12 Å². The van der Waals surface area contributed by atoms with E-state index in [1.165, 1.54) is 24.8 Å². The van der Waals surface area contributed by atoms with Crippen molar-refractivity contribution in [3.8, 4) is 0 Å². The fourth-order valence-corrected chi connectivity index (χ4v) is 3.44. The average molecular weight is 346 g/mol. The third kappa shape index (κ3) is 3.79. The zero-order valence-corrected chi connectivity index (χ0v) is 12.8. The SMILES string of the molecule is CC(=O)SC1CC(=O)N(Cc2ccc(F)c(Br)c2)C1. The summed E-state index contributed by atoms with van der Waals surface area (Å²) >= 11 is 4.34. The van der Waals surface area contributed by atoms with Crippen LogP contribution in [0.15, 0.2) is 22.7 Å². The molecule has 6 heteroatoms. The van der Waals surface area contributed by atoms with E-state index in [4.69, 9.17) is 0 Å². The lowest BCUT2D eigenvalue weighted by atomic mass is 10.2. The first-order chi connectivity index (χ1) is 8.95. The van der Waals surface area contributed by atoms with Crippen molar-refractivity contribution in [3.05, 3.63) is 34.1 Å². The van der Waals surface area contributed by atoms with Crippen LogP contribution in [0.5, 0.6) is 0 Å². The first-order valence-corrected chi connectivity index (χ1v) is 7.52. The maximum absolute atomic E-state index is 13.1. The summed E-state index contributed by atoms with van der Waals surface area (Å²) in [7, 11) is 0. The summed E-state index contributed by atoms with van der Waals surface area (Å²) in [5.74, 6) is -0.277. The molecule has 1 amide bonds. The minimum Gasteiger partial charge on any atom is -0.337 e. The van der Waals surface area contributed by atoms with Gasteiger partial charge < -0.3 is 4.90 Å². The van der Waals surface area contributed by atoms with Gasteiger partial charge in [0.1, 0.15) is 5.82 Å². The summed E-state index contributed by atoms with van der Waals surface area (Å²) in [6.45, 7) is 2.53. The van der Waals surface area contributed by atoms with Crippen LogP contribution in [0, 0.1) is 5.82 Å². The Kier molecular flexibility index (Phi) is 4.62. The van der Waals surface area contributed by atoms with Crippen molar-refractivity contribution in [2.24, 2.45) is 0 Å². The third-order valence-corrected chi connectivity index (χ3v) is 4.46. The van der Waals surface area contributed by atoms with E-state index in [0.29, 0.717) is 24.0 Å². The molecule has 1 aromatic carbocycles. The predicted molar refractivity (Wildman–Crippen MR) is 76.2 cm³/mol. The second kappa shape index (κ2) is 6.05. The van der Waals surface area contributed by atoms with Gasteiger partial charge in [-0.1, -0.05) is 17.8 Å². The van der Waals surface area contributed by atoms with Crippen LogP contribution in [-0.4, -0.2) is 27.7 Å². The van der Waals surface area contributed by atoms with E-state index >= 15 is 0 Å². The molecule has 1 aromatic rings. The Bertz CT molecular complexity index is 523. The number of nitrogens with zero attached hydrogens (tertiary/aromatic N) is 1. The number of halogens is 2. The lowest BCUT2D eigenvalue weighted by Crippen LogP contribution is -2.25. The molecular weight excluding hydrogens is 333 g/mol. The van der Waals surface area contributed by atoms with Gasteiger partial charge in [-0.25, -0.2) is 4.39 Å². The van der Waals surface area contributed by atoms with Gasteiger partial charge in [0.25, 0.3) is 0 Å². The topological polar surface area (TPSA) is 37.4 Å². The first kappa shape index (κ1) is 14.5. The number of thioether (sulfide) groups is 1. The second-order valence-corrected chi connectivity index (χ2v) is 6.79. The highest BCUT2D eigenvalue weighted by atomic mass is 79.9. The van der Waals surface area contributed by atoms with Crippen LogP contribution in [0.3, 0.4) is 0 Å². The monoisotopic (exact) mass is 345 g/mol. The number of carbonyl (C=O) groups is 2. The lowest BCUT2D eigenvalue weighted by Gasteiger charge is -2.16. The minimum atomic E-state index is -0.318. The van der Waals surface area contributed by atoms with Gasteiger partial charge in [0, 0.05) is 31.7 Å². The molecule has 1 atom stereocenters. The van der Waals surface area contributed by atoms with E-state index < -0.39 is 0 Å². The van der Waals surface area contributed by atoms with Crippen molar-refractivity contribution < 1.29 is 14.0 Å². The van der Waals surface area contributed by atoms with E-state index in [2.05, 4.69) is 15.9 Å². The Balaban J connectivity index is 2.01. The quantitative estimate of drug-likeness (QED) is 0.845. The van der Waals surface area contributed by atoms with Crippen LogP contribution in [0.25, 0.3) is 0 Å². The smallest absolute Gasteiger partial charge is 0.224 e. The van der Waals surface area contributed by atoms with Gasteiger partial charge in [-0.15, -0.1) is 0 Å². The number of likely N-dealkylation sites (tertiary alicyclic amines) is 1.